The van der Waals surface area contributed by atoms with Crippen molar-refractivity contribution in [3.63, 3.8) is 0 Å². The number of β-lactam (4-membered cyclic amide) rings is 1. The van der Waals surface area contributed by atoms with Crippen LogP contribution >= 0.6 is 23.5 Å². The third kappa shape index (κ3) is 2.56. The Hall–Kier alpha value is -2.05. The van der Waals surface area contributed by atoms with Gasteiger partial charge in [0.25, 0.3) is 0 Å². The van der Waals surface area contributed by atoms with E-state index in [2.05, 4.69) is 10.2 Å². The van der Waals surface area contributed by atoms with Crippen LogP contribution in [-0.4, -0.2) is 59.6 Å². The number of hydrogen-bond acceptors (Lipinski definition) is 8. The SMILES string of the molecule is Cn1c(SCC2=C(C(=O)O)N3C(=O)C(N)[C@H]3SC2)n[nH]c(=O)c1=O. The summed E-state index contributed by atoms with van der Waals surface area (Å²) in [6.45, 7) is 0. The summed E-state index contributed by atoms with van der Waals surface area (Å²) in [5.74, 6) is -0.984. The van der Waals surface area contributed by atoms with Gasteiger partial charge in [-0.3, -0.25) is 23.9 Å². The number of aromatic nitrogens is 3. The van der Waals surface area contributed by atoms with Crippen LogP contribution in [0, 0.1) is 0 Å². The zero-order chi connectivity index (χ0) is 17.6. The Morgan fingerprint density at radius 3 is 2.88 bits per heavy atom. The number of thioether (sulfide) groups is 2. The predicted molar refractivity (Wildman–Crippen MR) is 86.6 cm³/mol. The topological polar surface area (TPSA) is 151 Å². The number of carbonyl (C=O) groups excluding carboxylic acids is 1. The van der Waals surface area contributed by atoms with Crippen molar-refractivity contribution in [2.45, 2.75) is 16.6 Å². The first-order valence-electron chi connectivity index (χ1n) is 6.77. The van der Waals surface area contributed by atoms with Gasteiger partial charge in [0.2, 0.25) is 5.91 Å². The van der Waals surface area contributed by atoms with Gasteiger partial charge in [-0.25, -0.2) is 9.89 Å². The monoisotopic (exact) mass is 371 g/mol. The molecule has 1 fully saturated rings. The molecule has 1 aromatic heterocycles. The van der Waals surface area contributed by atoms with Crippen molar-refractivity contribution in [2.75, 3.05) is 11.5 Å². The molecule has 1 unspecified atom stereocenters. The zero-order valence-corrected chi connectivity index (χ0v) is 14.0. The van der Waals surface area contributed by atoms with Crippen molar-refractivity contribution in [1.82, 2.24) is 19.7 Å². The van der Waals surface area contributed by atoms with Crippen molar-refractivity contribution >= 4 is 35.4 Å². The summed E-state index contributed by atoms with van der Waals surface area (Å²) >= 11 is 2.50. The smallest absolute Gasteiger partial charge is 0.352 e. The highest BCUT2D eigenvalue weighted by Gasteiger charge is 2.51. The lowest BCUT2D eigenvalue weighted by Gasteiger charge is -2.48. The Labute approximate surface area is 143 Å². The Balaban J connectivity index is 1.87. The van der Waals surface area contributed by atoms with Gasteiger partial charge >= 0.3 is 17.1 Å². The molecule has 4 N–H and O–H groups in total. The minimum absolute atomic E-state index is 0.0626. The summed E-state index contributed by atoms with van der Waals surface area (Å²) in [4.78, 5) is 47.4. The second kappa shape index (κ2) is 6.11. The van der Waals surface area contributed by atoms with E-state index in [9.17, 15) is 24.3 Å². The summed E-state index contributed by atoms with van der Waals surface area (Å²) in [7, 11) is 1.41. The van der Waals surface area contributed by atoms with Crippen LogP contribution in [0.2, 0.25) is 0 Å². The van der Waals surface area contributed by atoms with Crippen LogP contribution in [0.15, 0.2) is 26.0 Å². The molecule has 1 aromatic rings. The molecule has 2 aliphatic rings. The lowest BCUT2D eigenvalue weighted by Crippen LogP contribution is -2.68. The molecule has 2 aliphatic heterocycles. The second-order valence-corrected chi connectivity index (χ2v) is 7.23. The number of aliphatic carboxylic acids is 1. The van der Waals surface area contributed by atoms with E-state index in [1.807, 2.05) is 0 Å². The number of carboxylic acid groups (broad SMARTS) is 1. The third-order valence-electron chi connectivity index (χ3n) is 3.71. The summed E-state index contributed by atoms with van der Waals surface area (Å²) in [6, 6.07) is -0.680. The van der Waals surface area contributed by atoms with E-state index in [0.29, 0.717) is 11.3 Å². The van der Waals surface area contributed by atoms with Gasteiger partial charge in [-0.2, -0.15) is 0 Å². The Kier molecular flexibility index (Phi) is 4.27. The molecule has 128 valence electrons. The third-order valence-corrected chi connectivity index (χ3v) is 6.18. The fourth-order valence-electron chi connectivity index (χ4n) is 2.43. The largest absolute Gasteiger partial charge is 0.477 e. The van der Waals surface area contributed by atoms with Crippen LogP contribution in [-0.2, 0) is 16.6 Å². The number of nitrogens with two attached hydrogens (primary N) is 1. The molecule has 0 aromatic carbocycles. The molecule has 1 amide bonds. The number of hydrogen-bond donors (Lipinski definition) is 3. The summed E-state index contributed by atoms with van der Waals surface area (Å²) in [6.07, 6.45) is 0. The van der Waals surface area contributed by atoms with Gasteiger partial charge in [0.1, 0.15) is 17.1 Å². The van der Waals surface area contributed by atoms with Crippen LogP contribution in [0.4, 0.5) is 0 Å². The number of nitrogens with zero attached hydrogens (tertiary/aromatic N) is 3. The first-order chi connectivity index (χ1) is 11.3. The maximum atomic E-state index is 11.9. The van der Waals surface area contributed by atoms with Gasteiger partial charge in [-0.1, -0.05) is 11.8 Å². The number of fused-ring (bicyclic) bond motifs is 1. The average Bonchev–Trinajstić information content (AvgIpc) is 2.57. The van der Waals surface area contributed by atoms with E-state index in [1.54, 1.807) is 0 Å². The fourth-order valence-corrected chi connectivity index (χ4v) is 4.78. The van der Waals surface area contributed by atoms with E-state index >= 15 is 0 Å². The van der Waals surface area contributed by atoms with Gasteiger partial charge in [0.15, 0.2) is 5.16 Å². The van der Waals surface area contributed by atoms with Crippen molar-refractivity contribution < 1.29 is 14.7 Å². The highest BCUT2D eigenvalue weighted by Crippen LogP contribution is 2.40. The summed E-state index contributed by atoms with van der Waals surface area (Å²) in [5.41, 5.74) is 4.58. The minimum Gasteiger partial charge on any atom is -0.477 e. The van der Waals surface area contributed by atoms with Crippen molar-refractivity contribution in [2.24, 2.45) is 12.8 Å². The van der Waals surface area contributed by atoms with Gasteiger partial charge in [0.05, 0.1) is 0 Å². The molecular formula is C12H13N5O5S2. The normalized spacial score (nSPS) is 23.1. The summed E-state index contributed by atoms with van der Waals surface area (Å²) < 4.78 is 1.09. The highest BCUT2D eigenvalue weighted by atomic mass is 32.2. The molecule has 0 radical (unpaired) electrons. The molecular weight excluding hydrogens is 358 g/mol. The van der Waals surface area contributed by atoms with Crippen LogP contribution in [0.5, 0.6) is 0 Å². The zero-order valence-electron chi connectivity index (χ0n) is 12.4. The molecule has 12 heteroatoms. The van der Waals surface area contributed by atoms with E-state index in [-0.39, 0.29) is 22.0 Å². The first-order valence-corrected chi connectivity index (χ1v) is 8.80. The first kappa shape index (κ1) is 16.8. The van der Waals surface area contributed by atoms with Gasteiger partial charge < -0.3 is 10.8 Å². The van der Waals surface area contributed by atoms with Crippen LogP contribution in [0.3, 0.4) is 0 Å². The maximum absolute atomic E-state index is 11.9. The Morgan fingerprint density at radius 2 is 2.21 bits per heavy atom. The van der Waals surface area contributed by atoms with Crippen LogP contribution in [0.25, 0.3) is 0 Å². The van der Waals surface area contributed by atoms with E-state index in [4.69, 9.17) is 5.73 Å². The number of rotatable bonds is 4. The van der Waals surface area contributed by atoms with Gasteiger partial charge in [-0.05, 0) is 5.57 Å². The molecule has 0 bridgehead atoms. The van der Waals surface area contributed by atoms with E-state index < -0.39 is 29.0 Å². The minimum atomic E-state index is -1.19. The molecule has 3 rings (SSSR count). The molecule has 1 saturated heterocycles. The number of nitrogens with one attached hydrogen (secondary N) is 1. The van der Waals surface area contributed by atoms with Crippen LogP contribution < -0.4 is 16.9 Å². The number of H-pyrrole nitrogens is 1. The molecule has 0 spiro atoms. The van der Waals surface area contributed by atoms with Crippen LogP contribution in [0.1, 0.15) is 0 Å². The standard InChI is InChI=1S/C12H13N5O5S2/c1-16-9(20)7(18)14-15-12(16)24-3-4-2-23-10-5(13)8(19)17(10)6(4)11(21)22/h5,10H,2-3,13H2,1H3,(H,14,18)(H,21,22)/t5?,10-/m1/s1. The van der Waals surface area contributed by atoms with E-state index in [0.717, 1.165) is 16.3 Å². The van der Waals surface area contributed by atoms with Crippen molar-refractivity contribution in [3.05, 3.63) is 32.0 Å². The Morgan fingerprint density at radius 1 is 1.50 bits per heavy atom. The van der Waals surface area contributed by atoms with Gasteiger partial charge in [-0.15, -0.1) is 16.9 Å². The number of amides is 1. The molecule has 10 nitrogen and oxygen atoms in total. The maximum Gasteiger partial charge on any atom is 0.352 e. The molecule has 24 heavy (non-hydrogen) atoms. The molecule has 0 saturated carbocycles. The quantitative estimate of drug-likeness (QED) is 0.314. The molecule has 3 heterocycles. The number of carboxylic acids is 1. The molecule has 0 aliphatic carbocycles. The van der Waals surface area contributed by atoms with Gasteiger partial charge in [0, 0.05) is 18.6 Å². The fraction of sp³-hybridized carbons (Fsp3) is 0.417. The number of carbonyl (C=O) groups is 2. The lowest BCUT2D eigenvalue weighted by molar-refractivity contribution is -0.147. The average molecular weight is 371 g/mol. The van der Waals surface area contributed by atoms with Crippen molar-refractivity contribution in [1.29, 1.82) is 0 Å². The lowest BCUT2D eigenvalue weighted by atomic mass is 10.0. The summed E-state index contributed by atoms with van der Waals surface area (Å²) in [5, 5.41) is 15.2. The Bertz CT molecular complexity index is 875. The molecule has 2 atom stereocenters. The van der Waals surface area contributed by atoms with E-state index in [1.165, 1.54) is 23.7 Å². The highest BCUT2D eigenvalue weighted by molar-refractivity contribution is 8.01. The van der Waals surface area contributed by atoms with Crippen molar-refractivity contribution in [3.8, 4) is 0 Å². The predicted octanol–water partition coefficient (Wildman–Crippen LogP) is -1.86. The number of aromatic amines is 1. The second-order valence-electron chi connectivity index (χ2n) is 5.18.